The number of anilines is 1. The van der Waals surface area contributed by atoms with E-state index in [1.165, 1.54) is 12.1 Å². The molecule has 0 bridgehead atoms. The van der Waals surface area contributed by atoms with Crippen LogP contribution < -0.4 is 15.0 Å². The summed E-state index contributed by atoms with van der Waals surface area (Å²) in [5, 5.41) is 7.03. The van der Waals surface area contributed by atoms with Gasteiger partial charge in [-0.25, -0.2) is 4.39 Å². The van der Waals surface area contributed by atoms with Crippen LogP contribution in [0.4, 0.5) is 10.1 Å². The Bertz CT molecular complexity index is 1140. The number of hydrogen-bond acceptors (Lipinski definition) is 7. The van der Waals surface area contributed by atoms with Crippen molar-refractivity contribution in [1.29, 1.82) is 0 Å². The first kappa shape index (κ1) is 25.6. The van der Waals surface area contributed by atoms with Crippen LogP contribution in [0.5, 0.6) is 5.75 Å². The summed E-state index contributed by atoms with van der Waals surface area (Å²) in [6.45, 7) is 11.3. The van der Waals surface area contributed by atoms with E-state index in [1.807, 2.05) is 44.2 Å². The maximum atomic E-state index is 14.1. The molecule has 0 spiro atoms. The van der Waals surface area contributed by atoms with E-state index in [1.54, 1.807) is 0 Å². The molecule has 1 atom stereocenters. The fourth-order valence-electron chi connectivity index (χ4n) is 4.42. The third-order valence-electron chi connectivity index (χ3n) is 6.45. The average molecular weight is 496 g/mol. The first-order valence-electron chi connectivity index (χ1n) is 12.6. The molecule has 8 nitrogen and oxygen atoms in total. The molecule has 1 fully saturated rings. The van der Waals surface area contributed by atoms with E-state index in [2.05, 4.69) is 32.2 Å². The van der Waals surface area contributed by atoms with Crippen LogP contribution >= 0.6 is 0 Å². The van der Waals surface area contributed by atoms with Gasteiger partial charge in [-0.3, -0.25) is 4.79 Å². The molecule has 192 valence electrons. The Hall–Kier alpha value is -3.46. The molecule has 36 heavy (non-hydrogen) atoms. The molecule has 1 aliphatic heterocycles. The second kappa shape index (κ2) is 12.0. The van der Waals surface area contributed by atoms with E-state index in [-0.39, 0.29) is 24.2 Å². The van der Waals surface area contributed by atoms with Gasteiger partial charge >= 0.3 is 0 Å². The van der Waals surface area contributed by atoms with Crippen LogP contribution in [-0.2, 0) is 11.2 Å². The van der Waals surface area contributed by atoms with Crippen LogP contribution in [0.3, 0.4) is 0 Å². The number of likely N-dealkylation sites (N-methyl/N-ethyl adjacent to an activating group) is 1. The molecule has 0 saturated carbocycles. The highest BCUT2D eigenvalue weighted by Gasteiger charge is 2.22. The van der Waals surface area contributed by atoms with Crippen molar-refractivity contribution in [3.63, 3.8) is 0 Å². The number of rotatable bonds is 10. The quantitative estimate of drug-likeness (QED) is 0.451. The van der Waals surface area contributed by atoms with Crippen molar-refractivity contribution in [2.75, 3.05) is 44.2 Å². The van der Waals surface area contributed by atoms with Crippen molar-refractivity contribution in [1.82, 2.24) is 20.4 Å². The summed E-state index contributed by atoms with van der Waals surface area (Å²) < 4.78 is 24.9. The van der Waals surface area contributed by atoms with Crippen molar-refractivity contribution >= 4 is 11.6 Å². The summed E-state index contributed by atoms with van der Waals surface area (Å²) >= 11 is 0. The smallest absolute Gasteiger partial charge is 0.227 e. The van der Waals surface area contributed by atoms with Gasteiger partial charge in [0.25, 0.3) is 0 Å². The first-order valence-corrected chi connectivity index (χ1v) is 12.6. The lowest BCUT2D eigenvalue weighted by Gasteiger charge is -2.37. The number of ether oxygens (including phenoxy) is 1. The zero-order valence-corrected chi connectivity index (χ0v) is 21.2. The Morgan fingerprint density at radius 3 is 2.58 bits per heavy atom. The molecule has 1 N–H and O–H groups in total. The van der Waals surface area contributed by atoms with Gasteiger partial charge in [0.1, 0.15) is 11.6 Å². The van der Waals surface area contributed by atoms with Crippen LogP contribution in [0.1, 0.15) is 44.7 Å². The number of carbonyl (C=O) groups excluding carboxylic acids is 1. The number of amides is 1. The summed E-state index contributed by atoms with van der Waals surface area (Å²) in [5.41, 5.74) is 2.56. The zero-order chi connectivity index (χ0) is 25.5. The summed E-state index contributed by atoms with van der Waals surface area (Å²) in [5.74, 6) is 1.17. The van der Waals surface area contributed by atoms with Gasteiger partial charge < -0.3 is 24.4 Å². The van der Waals surface area contributed by atoms with Crippen LogP contribution in [0.25, 0.3) is 11.4 Å². The van der Waals surface area contributed by atoms with Crippen LogP contribution in [0, 0.1) is 5.82 Å². The molecule has 1 aromatic heterocycles. The zero-order valence-electron chi connectivity index (χ0n) is 21.2. The van der Waals surface area contributed by atoms with Crippen molar-refractivity contribution in [2.24, 2.45) is 0 Å². The molecule has 1 saturated heterocycles. The van der Waals surface area contributed by atoms with E-state index in [4.69, 9.17) is 9.26 Å². The predicted molar refractivity (Wildman–Crippen MR) is 137 cm³/mol. The molecular weight excluding hydrogens is 461 g/mol. The molecule has 3 aromatic rings. The Morgan fingerprint density at radius 1 is 1.14 bits per heavy atom. The summed E-state index contributed by atoms with van der Waals surface area (Å²) in [6.07, 6.45) is 0.507. The summed E-state index contributed by atoms with van der Waals surface area (Å²) in [6, 6.07) is 11.9. The Balaban J connectivity index is 1.34. The molecule has 0 aliphatic carbocycles. The highest BCUT2D eigenvalue weighted by atomic mass is 19.1. The highest BCUT2D eigenvalue weighted by molar-refractivity contribution is 5.77. The number of hydrogen-bond donors (Lipinski definition) is 1. The molecule has 2 heterocycles. The molecule has 9 heteroatoms. The van der Waals surface area contributed by atoms with E-state index in [0.717, 1.165) is 55.3 Å². The van der Waals surface area contributed by atoms with E-state index >= 15 is 0 Å². The van der Waals surface area contributed by atoms with Crippen LogP contribution in [0.2, 0.25) is 0 Å². The normalized spacial score (nSPS) is 15.1. The predicted octanol–water partition coefficient (Wildman–Crippen LogP) is 4.23. The minimum Gasteiger partial charge on any atom is -0.494 e. The number of piperazine rings is 1. The number of nitrogens with one attached hydrogen (secondary N) is 1. The maximum absolute atomic E-state index is 14.1. The number of aromatic nitrogens is 2. The number of aryl methyl sites for hydroxylation is 1. The molecule has 4 rings (SSSR count). The number of halogens is 1. The van der Waals surface area contributed by atoms with Gasteiger partial charge in [-0.1, -0.05) is 12.1 Å². The lowest BCUT2D eigenvalue weighted by atomic mass is 10.0. The number of carbonyl (C=O) groups is 1. The van der Waals surface area contributed by atoms with Gasteiger partial charge in [-0.2, -0.15) is 4.98 Å². The Morgan fingerprint density at radius 2 is 1.89 bits per heavy atom. The van der Waals surface area contributed by atoms with Gasteiger partial charge in [0.2, 0.25) is 17.6 Å². The largest absolute Gasteiger partial charge is 0.494 e. The van der Waals surface area contributed by atoms with Crippen LogP contribution in [-0.4, -0.2) is 60.3 Å². The Kier molecular flexibility index (Phi) is 8.53. The SMILES string of the molecule is CCOc1ccc(-c2noc(CCC(=O)NC(C)c3cc(F)ccc3N3CCN(CC)CC3)n2)cc1. The van der Waals surface area contributed by atoms with Gasteiger partial charge in [0, 0.05) is 55.8 Å². The fourth-order valence-corrected chi connectivity index (χ4v) is 4.42. The van der Waals surface area contributed by atoms with Crippen molar-refractivity contribution in [3.8, 4) is 17.1 Å². The molecule has 0 radical (unpaired) electrons. The molecule has 2 aromatic carbocycles. The average Bonchev–Trinajstić information content (AvgIpc) is 3.37. The summed E-state index contributed by atoms with van der Waals surface area (Å²) in [7, 11) is 0. The van der Waals surface area contributed by atoms with Gasteiger partial charge in [0.05, 0.1) is 12.6 Å². The monoisotopic (exact) mass is 495 g/mol. The third kappa shape index (κ3) is 6.40. The number of benzene rings is 2. The van der Waals surface area contributed by atoms with Crippen LogP contribution in [0.15, 0.2) is 47.0 Å². The molecule has 1 amide bonds. The van der Waals surface area contributed by atoms with Gasteiger partial charge in [0.15, 0.2) is 0 Å². The van der Waals surface area contributed by atoms with Crippen molar-refractivity contribution in [3.05, 3.63) is 59.7 Å². The second-order valence-corrected chi connectivity index (χ2v) is 8.88. The standard InChI is InChI=1S/C27H34FN5O3/c1-4-32-14-16-33(17-15-32)24-11-8-21(28)18-23(24)19(3)29-25(34)12-13-26-30-27(31-36-26)20-6-9-22(10-7-20)35-5-2/h6-11,18-19H,4-5,12-17H2,1-3H3,(H,29,34). The van der Waals surface area contributed by atoms with Gasteiger partial charge in [-0.15, -0.1) is 0 Å². The lowest BCUT2D eigenvalue weighted by molar-refractivity contribution is -0.121. The fraction of sp³-hybridized carbons (Fsp3) is 0.444. The van der Waals surface area contributed by atoms with E-state index in [0.29, 0.717) is 24.7 Å². The molecule has 1 aliphatic rings. The van der Waals surface area contributed by atoms with E-state index < -0.39 is 0 Å². The van der Waals surface area contributed by atoms with Crippen molar-refractivity contribution < 1.29 is 18.4 Å². The minimum absolute atomic E-state index is 0.158. The second-order valence-electron chi connectivity index (χ2n) is 8.88. The lowest BCUT2D eigenvalue weighted by Crippen LogP contribution is -2.46. The third-order valence-corrected chi connectivity index (χ3v) is 6.45. The topological polar surface area (TPSA) is 83.7 Å². The summed E-state index contributed by atoms with van der Waals surface area (Å²) in [4.78, 5) is 21.8. The van der Waals surface area contributed by atoms with Gasteiger partial charge in [-0.05, 0) is 62.9 Å². The first-order chi connectivity index (χ1) is 17.5. The Labute approximate surface area is 211 Å². The minimum atomic E-state index is -0.338. The number of nitrogens with zero attached hydrogens (tertiary/aromatic N) is 4. The van der Waals surface area contributed by atoms with E-state index in [9.17, 15) is 9.18 Å². The van der Waals surface area contributed by atoms with Crippen molar-refractivity contribution in [2.45, 2.75) is 39.7 Å². The maximum Gasteiger partial charge on any atom is 0.227 e. The highest BCUT2D eigenvalue weighted by Crippen LogP contribution is 2.28. The molecular formula is C27H34FN5O3. The molecule has 1 unspecified atom stereocenters.